The zero-order valence-corrected chi connectivity index (χ0v) is 14.4. The van der Waals surface area contributed by atoms with Crippen molar-refractivity contribution >= 4 is 0 Å². The molecule has 2 rings (SSSR count). The summed E-state index contributed by atoms with van der Waals surface area (Å²) in [5, 5.41) is 18.4. The molecule has 0 saturated heterocycles. The maximum absolute atomic E-state index is 9.21. The molecule has 2 aromatic carbocycles. The quantitative estimate of drug-likeness (QED) is 0.544. The number of aliphatic hydroxyl groups excluding tert-OH is 2. The summed E-state index contributed by atoms with van der Waals surface area (Å²) in [5.74, 6) is 1.68. The van der Waals surface area contributed by atoms with Gasteiger partial charge in [-0.15, -0.1) is 0 Å². The fraction of sp³-hybridized carbons (Fsp3) is 0.400. The second kappa shape index (κ2) is 10.0. The predicted octanol–water partition coefficient (Wildman–Crippen LogP) is 2.15. The monoisotopic (exact) mass is 345 g/mol. The zero-order chi connectivity index (χ0) is 18.0. The molecular formula is C20H27NO4. The molecule has 0 spiro atoms. The van der Waals surface area contributed by atoms with Crippen molar-refractivity contribution in [3.8, 4) is 11.5 Å². The Labute approximate surface area is 149 Å². The Balaban J connectivity index is 1.66. The molecule has 0 aliphatic rings. The summed E-state index contributed by atoms with van der Waals surface area (Å²) < 4.78 is 11.3. The van der Waals surface area contributed by atoms with Crippen molar-refractivity contribution in [2.45, 2.75) is 24.8 Å². The third-order valence-corrected chi connectivity index (χ3v) is 4.03. The molecule has 0 atom stereocenters. The van der Waals surface area contributed by atoms with Crippen LogP contribution in [0.5, 0.6) is 11.5 Å². The summed E-state index contributed by atoms with van der Waals surface area (Å²) in [4.78, 5) is 0. The Hall–Kier alpha value is -2.08. The molecule has 0 amide bonds. The van der Waals surface area contributed by atoms with Crippen molar-refractivity contribution < 1.29 is 19.7 Å². The molecule has 4 N–H and O–H groups in total. The lowest BCUT2D eigenvalue weighted by Gasteiger charge is -2.24. The minimum atomic E-state index is -0.923. The van der Waals surface area contributed by atoms with Crippen LogP contribution in [0.1, 0.15) is 18.4 Å². The number of aryl methyl sites for hydroxylation is 1. The first-order valence-corrected chi connectivity index (χ1v) is 8.55. The number of aliphatic hydroxyl groups is 2. The molecule has 0 radical (unpaired) electrons. The van der Waals surface area contributed by atoms with E-state index in [4.69, 9.17) is 15.2 Å². The molecule has 0 bridgehead atoms. The van der Waals surface area contributed by atoms with Crippen molar-refractivity contribution in [2.24, 2.45) is 5.73 Å². The molecule has 136 valence electrons. The van der Waals surface area contributed by atoms with Crippen molar-refractivity contribution in [1.82, 2.24) is 0 Å². The number of nitrogens with two attached hydrogens (primary N) is 1. The van der Waals surface area contributed by atoms with E-state index in [1.54, 1.807) is 0 Å². The number of benzene rings is 2. The van der Waals surface area contributed by atoms with Gasteiger partial charge in [0.15, 0.2) is 0 Å². The van der Waals surface area contributed by atoms with Gasteiger partial charge >= 0.3 is 0 Å². The van der Waals surface area contributed by atoms with Crippen LogP contribution < -0.4 is 15.2 Å². The third-order valence-electron chi connectivity index (χ3n) is 4.03. The first-order valence-electron chi connectivity index (χ1n) is 8.55. The summed E-state index contributed by atoms with van der Waals surface area (Å²) in [7, 11) is 0. The van der Waals surface area contributed by atoms with Crippen molar-refractivity contribution in [2.75, 3.05) is 26.4 Å². The van der Waals surface area contributed by atoms with Gasteiger partial charge in [0, 0.05) is 6.42 Å². The summed E-state index contributed by atoms with van der Waals surface area (Å²) in [6.07, 6.45) is 2.03. The highest BCUT2D eigenvalue weighted by Crippen LogP contribution is 2.16. The maximum atomic E-state index is 9.21. The van der Waals surface area contributed by atoms with Crippen LogP contribution in [0.4, 0.5) is 0 Å². The highest BCUT2D eigenvalue weighted by Gasteiger charge is 2.22. The lowest BCUT2D eigenvalue weighted by Crippen LogP contribution is -2.47. The summed E-state index contributed by atoms with van der Waals surface area (Å²) in [5.41, 5.74) is 6.05. The molecule has 0 unspecified atom stereocenters. The molecule has 0 saturated carbocycles. The normalized spacial score (nSPS) is 11.3. The molecular weight excluding hydrogens is 318 g/mol. The Kier molecular flexibility index (Phi) is 7.73. The van der Waals surface area contributed by atoms with E-state index in [2.05, 4.69) is 0 Å². The fourth-order valence-corrected chi connectivity index (χ4v) is 2.31. The SMILES string of the molecule is NC(CO)(CO)CCc1ccc(OCCCOc2ccccc2)cc1. The van der Waals surface area contributed by atoms with E-state index in [1.807, 2.05) is 54.6 Å². The summed E-state index contributed by atoms with van der Waals surface area (Å²) in [6, 6.07) is 17.5. The van der Waals surface area contributed by atoms with Gasteiger partial charge in [-0.3, -0.25) is 0 Å². The number of hydrogen-bond acceptors (Lipinski definition) is 5. The molecule has 0 aliphatic heterocycles. The molecule has 5 heteroatoms. The molecule has 2 aromatic rings. The second-order valence-corrected chi connectivity index (χ2v) is 6.19. The van der Waals surface area contributed by atoms with Crippen molar-refractivity contribution in [3.05, 3.63) is 60.2 Å². The van der Waals surface area contributed by atoms with E-state index in [0.29, 0.717) is 26.1 Å². The fourth-order valence-electron chi connectivity index (χ4n) is 2.31. The van der Waals surface area contributed by atoms with Crippen LogP contribution in [-0.2, 0) is 6.42 Å². The van der Waals surface area contributed by atoms with Gasteiger partial charge in [-0.25, -0.2) is 0 Å². The number of ether oxygens (including phenoxy) is 2. The number of para-hydroxylation sites is 1. The highest BCUT2D eigenvalue weighted by atomic mass is 16.5. The number of hydrogen-bond donors (Lipinski definition) is 3. The smallest absolute Gasteiger partial charge is 0.119 e. The van der Waals surface area contributed by atoms with Gasteiger partial charge in [-0.1, -0.05) is 30.3 Å². The minimum Gasteiger partial charge on any atom is -0.493 e. The van der Waals surface area contributed by atoms with Crippen LogP contribution in [0.15, 0.2) is 54.6 Å². The van der Waals surface area contributed by atoms with Gasteiger partial charge in [0.2, 0.25) is 0 Å². The van der Waals surface area contributed by atoms with Gasteiger partial charge < -0.3 is 25.4 Å². The highest BCUT2D eigenvalue weighted by molar-refractivity contribution is 5.27. The van der Waals surface area contributed by atoms with Crippen molar-refractivity contribution in [1.29, 1.82) is 0 Å². The van der Waals surface area contributed by atoms with Gasteiger partial charge in [-0.05, 0) is 42.7 Å². The topological polar surface area (TPSA) is 84.9 Å². The predicted molar refractivity (Wildman–Crippen MR) is 97.9 cm³/mol. The van der Waals surface area contributed by atoms with E-state index >= 15 is 0 Å². The molecule has 0 heterocycles. The maximum Gasteiger partial charge on any atom is 0.119 e. The zero-order valence-electron chi connectivity index (χ0n) is 14.4. The van der Waals surface area contributed by atoms with E-state index in [0.717, 1.165) is 23.5 Å². The van der Waals surface area contributed by atoms with Crippen LogP contribution >= 0.6 is 0 Å². The molecule has 5 nitrogen and oxygen atoms in total. The van der Waals surface area contributed by atoms with Crippen LogP contribution in [0.3, 0.4) is 0 Å². The average Bonchev–Trinajstić information content (AvgIpc) is 2.67. The lowest BCUT2D eigenvalue weighted by molar-refractivity contribution is 0.115. The first kappa shape index (κ1) is 19.2. The Morgan fingerprint density at radius 3 is 1.92 bits per heavy atom. The molecule has 0 fully saturated rings. The second-order valence-electron chi connectivity index (χ2n) is 6.19. The Bertz CT molecular complexity index is 597. The van der Waals surface area contributed by atoms with E-state index in [-0.39, 0.29) is 13.2 Å². The van der Waals surface area contributed by atoms with Crippen LogP contribution in [0.2, 0.25) is 0 Å². The summed E-state index contributed by atoms with van der Waals surface area (Å²) >= 11 is 0. The van der Waals surface area contributed by atoms with Gasteiger partial charge in [0.1, 0.15) is 11.5 Å². The largest absolute Gasteiger partial charge is 0.493 e. The molecule has 25 heavy (non-hydrogen) atoms. The summed E-state index contributed by atoms with van der Waals surface area (Å²) in [6.45, 7) is 0.752. The molecule has 0 aromatic heterocycles. The van der Waals surface area contributed by atoms with Crippen LogP contribution in [0, 0.1) is 0 Å². The third kappa shape index (κ3) is 6.74. The van der Waals surface area contributed by atoms with Crippen LogP contribution in [0.25, 0.3) is 0 Å². The Morgan fingerprint density at radius 1 is 0.800 bits per heavy atom. The van der Waals surface area contributed by atoms with E-state index in [1.165, 1.54) is 0 Å². The number of rotatable bonds is 11. The minimum absolute atomic E-state index is 0.226. The van der Waals surface area contributed by atoms with E-state index < -0.39 is 5.54 Å². The lowest BCUT2D eigenvalue weighted by atomic mass is 9.94. The first-order chi connectivity index (χ1) is 12.1. The van der Waals surface area contributed by atoms with Gasteiger partial charge in [-0.2, -0.15) is 0 Å². The standard InChI is InChI=1S/C20H27NO4/c21-20(15-22,16-23)12-11-17-7-9-19(10-8-17)25-14-4-13-24-18-5-2-1-3-6-18/h1-3,5-10,22-23H,4,11-16,21H2. The van der Waals surface area contributed by atoms with Gasteiger partial charge in [0.05, 0.1) is 32.0 Å². The Morgan fingerprint density at radius 2 is 1.36 bits per heavy atom. The van der Waals surface area contributed by atoms with Crippen molar-refractivity contribution in [3.63, 3.8) is 0 Å². The van der Waals surface area contributed by atoms with Crippen LogP contribution in [-0.4, -0.2) is 42.2 Å². The molecule has 0 aliphatic carbocycles. The average molecular weight is 345 g/mol. The van der Waals surface area contributed by atoms with E-state index in [9.17, 15) is 10.2 Å². The van der Waals surface area contributed by atoms with Gasteiger partial charge in [0.25, 0.3) is 0 Å².